The monoisotopic (exact) mass is 204 g/mol. The fourth-order valence-corrected chi connectivity index (χ4v) is 1.76. The van der Waals surface area contributed by atoms with E-state index < -0.39 is 0 Å². The van der Waals surface area contributed by atoms with Crippen molar-refractivity contribution in [2.24, 2.45) is 0 Å². The molecule has 2 rings (SSSR count). The van der Waals surface area contributed by atoms with Gasteiger partial charge in [0.15, 0.2) is 0 Å². The van der Waals surface area contributed by atoms with Gasteiger partial charge in [0.25, 0.3) is 0 Å². The lowest BCUT2D eigenvalue weighted by Gasteiger charge is -2.16. The number of benzene rings is 1. The zero-order chi connectivity index (χ0) is 10.8. The Kier molecular flexibility index (Phi) is 2.96. The topological polar surface area (TPSA) is 15.3 Å². The van der Waals surface area contributed by atoms with Crippen LogP contribution in [0.15, 0.2) is 24.3 Å². The van der Waals surface area contributed by atoms with Crippen LogP contribution in [0.4, 0.5) is 5.69 Å². The van der Waals surface area contributed by atoms with E-state index in [1.54, 1.807) is 0 Å². The van der Waals surface area contributed by atoms with Crippen LogP contribution in [0.3, 0.4) is 0 Å². The summed E-state index contributed by atoms with van der Waals surface area (Å²) in [5, 5.41) is 3.61. The minimum Gasteiger partial charge on any atom is -0.378 e. The Labute approximate surface area is 92.3 Å². The number of anilines is 1. The van der Waals surface area contributed by atoms with Gasteiger partial charge in [-0.1, -0.05) is 12.1 Å². The molecule has 0 radical (unpaired) electrons. The maximum Gasteiger partial charge on any atom is 0.0361 e. The van der Waals surface area contributed by atoms with Gasteiger partial charge in [0.05, 0.1) is 0 Å². The first-order valence-electron chi connectivity index (χ1n) is 5.70. The molecule has 0 spiro atoms. The maximum absolute atomic E-state index is 3.61. The Bertz CT molecular complexity index is 312. The lowest BCUT2D eigenvalue weighted by Crippen LogP contribution is -2.20. The lowest BCUT2D eigenvalue weighted by atomic mass is 10.1. The Morgan fingerprint density at radius 2 is 1.80 bits per heavy atom. The third kappa shape index (κ3) is 2.72. The van der Waals surface area contributed by atoms with Gasteiger partial charge in [-0.25, -0.2) is 0 Å². The SMILES string of the molecule is C[C@H](NC1CC1)c1ccc(N(C)C)cc1. The van der Waals surface area contributed by atoms with Crippen LogP contribution >= 0.6 is 0 Å². The highest BCUT2D eigenvalue weighted by atomic mass is 15.1. The van der Waals surface area contributed by atoms with E-state index in [1.165, 1.54) is 24.1 Å². The summed E-state index contributed by atoms with van der Waals surface area (Å²) in [6, 6.07) is 10.0. The molecular formula is C13H20N2. The summed E-state index contributed by atoms with van der Waals surface area (Å²) in [6.45, 7) is 2.24. The minimum atomic E-state index is 0.480. The summed E-state index contributed by atoms with van der Waals surface area (Å²) in [6.07, 6.45) is 2.69. The first-order valence-corrected chi connectivity index (χ1v) is 5.70. The van der Waals surface area contributed by atoms with Gasteiger partial charge in [-0.15, -0.1) is 0 Å². The highest BCUT2D eigenvalue weighted by Crippen LogP contribution is 2.24. The molecule has 0 aliphatic heterocycles. The first kappa shape index (κ1) is 10.5. The molecule has 0 unspecified atom stereocenters. The van der Waals surface area contributed by atoms with E-state index >= 15 is 0 Å². The van der Waals surface area contributed by atoms with Gasteiger partial charge < -0.3 is 10.2 Å². The Balaban J connectivity index is 2.01. The Morgan fingerprint density at radius 3 is 2.27 bits per heavy atom. The standard InChI is InChI=1S/C13H20N2/c1-10(14-12-6-7-12)11-4-8-13(9-5-11)15(2)3/h4-5,8-10,12,14H,6-7H2,1-3H3/t10-/m0/s1. The molecule has 1 aromatic carbocycles. The van der Waals surface area contributed by atoms with Gasteiger partial charge in [-0.2, -0.15) is 0 Å². The molecule has 82 valence electrons. The lowest BCUT2D eigenvalue weighted by molar-refractivity contribution is 0.571. The number of rotatable bonds is 4. The molecule has 15 heavy (non-hydrogen) atoms. The van der Waals surface area contributed by atoms with Gasteiger partial charge in [0.1, 0.15) is 0 Å². The molecule has 0 heterocycles. The molecular weight excluding hydrogens is 184 g/mol. The largest absolute Gasteiger partial charge is 0.378 e. The van der Waals surface area contributed by atoms with Crippen molar-refractivity contribution >= 4 is 5.69 Å². The van der Waals surface area contributed by atoms with Crippen LogP contribution in [0.1, 0.15) is 31.4 Å². The fourth-order valence-electron chi connectivity index (χ4n) is 1.76. The summed E-state index contributed by atoms with van der Waals surface area (Å²) in [5.41, 5.74) is 2.64. The summed E-state index contributed by atoms with van der Waals surface area (Å²) in [5.74, 6) is 0. The Hall–Kier alpha value is -1.02. The molecule has 1 aromatic rings. The van der Waals surface area contributed by atoms with Crippen molar-refractivity contribution in [3.63, 3.8) is 0 Å². The molecule has 0 aromatic heterocycles. The zero-order valence-electron chi connectivity index (χ0n) is 9.83. The van der Waals surface area contributed by atoms with E-state index in [1.807, 2.05) is 0 Å². The van der Waals surface area contributed by atoms with Crippen LogP contribution in [0.2, 0.25) is 0 Å². The van der Waals surface area contributed by atoms with Crippen LogP contribution in [-0.4, -0.2) is 20.1 Å². The molecule has 0 amide bonds. The first-order chi connectivity index (χ1) is 7.16. The van der Waals surface area contributed by atoms with Gasteiger partial charge >= 0.3 is 0 Å². The molecule has 0 saturated heterocycles. The average molecular weight is 204 g/mol. The van der Waals surface area contributed by atoms with Crippen molar-refractivity contribution in [1.82, 2.24) is 5.32 Å². The third-order valence-electron chi connectivity index (χ3n) is 2.97. The number of hydrogen-bond acceptors (Lipinski definition) is 2. The highest BCUT2D eigenvalue weighted by molar-refractivity contribution is 5.46. The van der Waals surface area contributed by atoms with Gasteiger partial charge in [-0.3, -0.25) is 0 Å². The average Bonchev–Trinajstić information content (AvgIpc) is 3.02. The van der Waals surface area contributed by atoms with E-state index in [-0.39, 0.29) is 0 Å². The summed E-state index contributed by atoms with van der Waals surface area (Å²) < 4.78 is 0. The van der Waals surface area contributed by atoms with Gasteiger partial charge in [0, 0.05) is 31.9 Å². The normalized spacial score (nSPS) is 17.5. The summed E-state index contributed by atoms with van der Waals surface area (Å²) in [4.78, 5) is 2.13. The molecule has 1 N–H and O–H groups in total. The zero-order valence-corrected chi connectivity index (χ0v) is 9.83. The molecule has 1 saturated carbocycles. The second-order valence-corrected chi connectivity index (χ2v) is 4.65. The number of nitrogens with one attached hydrogen (secondary N) is 1. The van der Waals surface area contributed by atoms with Crippen molar-refractivity contribution in [2.75, 3.05) is 19.0 Å². The van der Waals surface area contributed by atoms with Crippen molar-refractivity contribution in [3.8, 4) is 0 Å². The van der Waals surface area contributed by atoms with E-state index in [4.69, 9.17) is 0 Å². The second-order valence-electron chi connectivity index (χ2n) is 4.65. The van der Waals surface area contributed by atoms with Crippen molar-refractivity contribution in [1.29, 1.82) is 0 Å². The molecule has 1 aliphatic carbocycles. The van der Waals surface area contributed by atoms with Crippen LogP contribution in [0.5, 0.6) is 0 Å². The smallest absolute Gasteiger partial charge is 0.0361 e. The van der Waals surface area contributed by atoms with E-state index in [0.29, 0.717) is 6.04 Å². The van der Waals surface area contributed by atoms with E-state index in [2.05, 4.69) is 55.5 Å². The van der Waals surface area contributed by atoms with Crippen molar-refractivity contribution in [2.45, 2.75) is 31.8 Å². The van der Waals surface area contributed by atoms with Crippen LogP contribution in [-0.2, 0) is 0 Å². The third-order valence-corrected chi connectivity index (χ3v) is 2.97. The summed E-state index contributed by atoms with van der Waals surface area (Å²) >= 11 is 0. The van der Waals surface area contributed by atoms with E-state index in [9.17, 15) is 0 Å². The van der Waals surface area contributed by atoms with E-state index in [0.717, 1.165) is 6.04 Å². The number of nitrogens with zero attached hydrogens (tertiary/aromatic N) is 1. The maximum atomic E-state index is 3.61. The predicted molar refractivity (Wildman–Crippen MR) is 65.3 cm³/mol. The van der Waals surface area contributed by atoms with Crippen LogP contribution < -0.4 is 10.2 Å². The van der Waals surface area contributed by atoms with Gasteiger partial charge in [-0.05, 0) is 37.5 Å². The van der Waals surface area contributed by atoms with Crippen LogP contribution in [0, 0.1) is 0 Å². The highest BCUT2D eigenvalue weighted by Gasteiger charge is 2.23. The molecule has 2 heteroatoms. The molecule has 1 aliphatic rings. The molecule has 2 nitrogen and oxygen atoms in total. The molecule has 1 fully saturated rings. The predicted octanol–water partition coefficient (Wildman–Crippen LogP) is 2.57. The second kappa shape index (κ2) is 4.23. The minimum absolute atomic E-state index is 0.480. The fraction of sp³-hybridized carbons (Fsp3) is 0.538. The van der Waals surface area contributed by atoms with Gasteiger partial charge in [0.2, 0.25) is 0 Å². The summed E-state index contributed by atoms with van der Waals surface area (Å²) in [7, 11) is 4.14. The van der Waals surface area contributed by atoms with Crippen molar-refractivity contribution < 1.29 is 0 Å². The molecule has 1 atom stereocenters. The molecule has 0 bridgehead atoms. The van der Waals surface area contributed by atoms with Crippen LogP contribution in [0.25, 0.3) is 0 Å². The quantitative estimate of drug-likeness (QED) is 0.811. The van der Waals surface area contributed by atoms with Crippen molar-refractivity contribution in [3.05, 3.63) is 29.8 Å². The number of hydrogen-bond donors (Lipinski definition) is 1. The Morgan fingerprint density at radius 1 is 1.20 bits per heavy atom.